The van der Waals surface area contributed by atoms with Gasteiger partial charge in [-0.05, 0) is 44.4 Å². The van der Waals surface area contributed by atoms with Gasteiger partial charge in [-0.2, -0.15) is 5.10 Å². The molecule has 2 N–H and O–H groups in total. The van der Waals surface area contributed by atoms with Crippen LogP contribution in [0.5, 0.6) is 0 Å². The first kappa shape index (κ1) is 15.5. The number of sulfonamides is 1. The Morgan fingerprint density at radius 1 is 1.20 bits per heavy atom. The molecule has 0 bridgehead atoms. The second kappa shape index (κ2) is 5.85. The molecule has 0 radical (unpaired) electrons. The van der Waals surface area contributed by atoms with E-state index in [-0.39, 0.29) is 4.90 Å². The topological polar surface area (TPSA) is 78.0 Å². The van der Waals surface area contributed by atoms with Crippen LogP contribution in [0.2, 0.25) is 0 Å². The predicted octanol–water partition coefficient (Wildman–Crippen LogP) is 2.41. The summed E-state index contributed by atoms with van der Waals surface area (Å²) in [5.41, 5.74) is 1.40. The molecule has 0 amide bonds. The smallest absolute Gasteiger partial charge is 0.241 e. The first-order valence-electron chi connectivity index (χ1n) is 7.51. The molecule has 1 fully saturated rings. The van der Waals surface area contributed by atoms with Crippen molar-refractivity contribution in [3.8, 4) is 0 Å². The zero-order chi connectivity index (χ0) is 14.9. The lowest BCUT2D eigenvalue weighted by Gasteiger charge is -2.27. The van der Waals surface area contributed by atoms with Crippen molar-refractivity contribution in [2.24, 2.45) is 11.1 Å². The van der Waals surface area contributed by atoms with Crippen molar-refractivity contribution < 1.29 is 8.42 Å². The van der Waals surface area contributed by atoms with Crippen LogP contribution in [0.25, 0.3) is 0 Å². The number of nitrogens with zero attached hydrogens (tertiary/aromatic N) is 2. The largest absolute Gasteiger partial charge is 0.265 e. The third-order valence-corrected chi connectivity index (χ3v) is 5.36. The first-order valence-corrected chi connectivity index (χ1v) is 9.06. The van der Waals surface area contributed by atoms with Crippen LogP contribution < -0.4 is 5.14 Å². The molecule has 6 heteroatoms. The third-order valence-electron chi connectivity index (χ3n) is 4.31. The van der Waals surface area contributed by atoms with E-state index in [1.165, 1.54) is 12.8 Å². The van der Waals surface area contributed by atoms with Crippen LogP contribution in [0.4, 0.5) is 0 Å². The molecule has 2 rings (SSSR count). The monoisotopic (exact) mass is 299 g/mol. The highest BCUT2D eigenvalue weighted by molar-refractivity contribution is 7.89. The summed E-state index contributed by atoms with van der Waals surface area (Å²) in [6, 6.07) is 0.321. The summed E-state index contributed by atoms with van der Waals surface area (Å²) in [5.74, 6) is 0.759. The fourth-order valence-corrected chi connectivity index (χ4v) is 4.26. The molecule has 0 aliphatic heterocycles. The fourth-order valence-electron chi connectivity index (χ4n) is 3.18. The van der Waals surface area contributed by atoms with Gasteiger partial charge in [0.2, 0.25) is 10.0 Å². The summed E-state index contributed by atoms with van der Waals surface area (Å²) in [7, 11) is -3.70. The van der Waals surface area contributed by atoms with Gasteiger partial charge in [0, 0.05) is 0 Å². The Morgan fingerprint density at radius 3 is 2.25 bits per heavy atom. The fraction of sp³-hybridized carbons (Fsp3) is 0.786. The maximum atomic E-state index is 11.9. The summed E-state index contributed by atoms with van der Waals surface area (Å²) >= 11 is 0. The second-order valence-corrected chi connectivity index (χ2v) is 7.33. The average molecular weight is 299 g/mol. The molecule has 0 aromatic carbocycles. The number of nitrogens with two attached hydrogens (primary N) is 1. The van der Waals surface area contributed by atoms with Crippen molar-refractivity contribution >= 4 is 10.0 Å². The molecule has 1 heterocycles. The SMILES string of the molecule is CCc1nn(C2CCC(C)CC2)c(CC)c1S(N)(=O)=O. The van der Waals surface area contributed by atoms with Gasteiger partial charge in [0.15, 0.2) is 0 Å². The van der Waals surface area contributed by atoms with Crippen molar-refractivity contribution in [3.05, 3.63) is 11.4 Å². The van der Waals surface area contributed by atoms with E-state index in [1.807, 2.05) is 18.5 Å². The summed E-state index contributed by atoms with van der Waals surface area (Å²) in [6.45, 7) is 6.16. The summed E-state index contributed by atoms with van der Waals surface area (Å²) in [4.78, 5) is 0.265. The normalized spacial score (nSPS) is 24.0. The van der Waals surface area contributed by atoms with E-state index in [1.54, 1.807) is 0 Å². The number of rotatable bonds is 4. The van der Waals surface area contributed by atoms with Crippen LogP contribution in [-0.2, 0) is 22.9 Å². The minimum atomic E-state index is -3.70. The number of hydrogen-bond donors (Lipinski definition) is 1. The maximum Gasteiger partial charge on any atom is 0.241 e. The standard InChI is InChI=1S/C14H25N3O2S/c1-4-12-14(20(15,18)19)13(5-2)17(16-12)11-8-6-10(3)7-9-11/h10-11H,4-9H2,1-3H3,(H2,15,18,19). The van der Waals surface area contributed by atoms with E-state index < -0.39 is 10.0 Å². The van der Waals surface area contributed by atoms with E-state index >= 15 is 0 Å². The van der Waals surface area contributed by atoms with E-state index in [0.29, 0.717) is 24.6 Å². The number of primary sulfonamides is 1. The zero-order valence-electron chi connectivity index (χ0n) is 12.6. The van der Waals surface area contributed by atoms with Crippen molar-refractivity contribution in [2.75, 3.05) is 0 Å². The highest BCUT2D eigenvalue weighted by Gasteiger charge is 2.29. The molecule has 0 spiro atoms. The molecule has 1 aliphatic rings. The number of hydrogen-bond acceptors (Lipinski definition) is 3. The van der Waals surface area contributed by atoms with E-state index in [2.05, 4.69) is 12.0 Å². The van der Waals surface area contributed by atoms with Crippen molar-refractivity contribution in [1.82, 2.24) is 9.78 Å². The Bertz CT molecular complexity index is 569. The second-order valence-electron chi connectivity index (χ2n) is 5.83. The Labute approximate surface area is 121 Å². The third kappa shape index (κ3) is 2.91. The van der Waals surface area contributed by atoms with Gasteiger partial charge >= 0.3 is 0 Å². The van der Waals surface area contributed by atoms with Gasteiger partial charge in [-0.3, -0.25) is 4.68 Å². The Balaban J connectivity index is 2.46. The quantitative estimate of drug-likeness (QED) is 0.927. The lowest BCUT2D eigenvalue weighted by atomic mass is 9.87. The van der Waals surface area contributed by atoms with Crippen LogP contribution in [0, 0.1) is 5.92 Å². The lowest BCUT2D eigenvalue weighted by Crippen LogP contribution is -2.21. The molecule has 0 atom stereocenters. The van der Waals surface area contributed by atoms with Gasteiger partial charge < -0.3 is 0 Å². The van der Waals surface area contributed by atoms with E-state index in [4.69, 9.17) is 5.14 Å². The van der Waals surface area contributed by atoms with Gasteiger partial charge in [-0.1, -0.05) is 20.8 Å². The van der Waals surface area contributed by atoms with Gasteiger partial charge in [0.1, 0.15) is 4.90 Å². The zero-order valence-corrected chi connectivity index (χ0v) is 13.4. The van der Waals surface area contributed by atoms with Crippen molar-refractivity contribution in [1.29, 1.82) is 0 Å². The average Bonchev–Trinajstić information content (AvgIpc) is 2.78. The molecule has 5 nitrogen and oxygen atoms in total. The predicted molar refractivity (Wildman–Crippen MR) is 79.0 cm³/mol. The maximum absolute atomic E-state index is 11.9. The molecule has 0 saturated heterocycles. The van der Waals surface area contributed by atoms with Gasteiger partial charge in [0.05, 0.1) is 17.4 Å². The summed E-state index contributed by atoms with van der Waals surface area (Å²) < 4.78 is 25.7. The molecule has 1 saturated carbocycles. The molecular formula is C14H25N3O2S. The summed E-state index contributed by atoms with van der Waals surface area (Å²) in [5, 5.41) is 9.97. The molecule has 20 heavy (non-hydrogen) atoms. The van der Waals surface area contributed by atoms with Crippen LogP contribution in [0.1, 0.15) is 63.9 Å². The van der Waals surface area contributed by atoms with Crippen LogP contribution in [-0.4, -0.2) is 18.2 Å². The Hall–Kier alpha value is -0.880. The molecule has 0 unspecified atom stereocenters. The number of aromatic nitrogens is 2. The highest BCUT2D eigenvalue weighted by atomic mass is 32.2. The molecular weight excluding hydrogens is 274 g/mol. The summed E-state index contributed by atoms with van der Waals surface area (Å²) in [6.07, 6.45) is 5.74. The molecule has 114 valence electrons. The van der Waals surface area contributed by atoms with Crippen LogP contribution >= 0.6 is 0 Å². The van der Waals surface area contributed by atoms with Crippen molar-refractivity contribution in [2.45, 2.75) is 70.2 Å². The minimum absolute atomic E-state index is 0.265. The number of aryl methyl sites for hydroxylation is 1. The van der Waals surface area contributed by atoms with Crippen LogP contribution in [0.3, 0.4) is 0 Å². The van der Waals surface area contributed by atoms with E-state index in [0.717, 1.165) is 24.5 Å². The van der Waals surface area contributed by atoms with Gasteiger partial charge in [-0.15, -0.1) is 0 Å². The van der Waals surface area contributed by atoms with Gasteiger partial charge in [-0.25, -0.2) is 13.6 Å². The minimum Gasteiger partial charge on any atom is -0.265 e. The molecule has 1 aliphatic carbocycles. The van der Waals surface area contributed by atoms with Gasteiger partial charge in [0.25, 0.3) is 0 Å². The van der Waals surface area contributed by atoms with Crippen molar-refractivity contribution in [3.63, 3.8) is 0 Å². The van der Waals surface area contributed by atoms with E-state index in [9.17, 15) is 8.42 Å². The molecule has 1 aromatic heterocycles. The lowest BCUT2D eigenvalue weighted by molar-refractivity contribution is 0.268. The Kier molecular flexibility index (Phi) is 4.54. The Morgan fingerprint density at radius 2 is 1.80 bits per heavy atom. The highest BCUT2D eigenvalue weighted by Crippen LogP contribution is 2.34. The first-order chi connectivity index (χ1) is 9.38. The van der Waals surface area contributed by atoms with Crippen LogP contribution in [0.15, 0.2) is 4.90 Å². The molecule has 1 aromatic rings.